The number of aryl methyl sites for hydroxylation is 1. The van der Waals surface area contributed by atoms with E-state index in [-0.39, 0.29) is 0 Å². The van der Waals surface area contributed by atoms with Gasteiger partial charge in [-0.05, 0) is 13.0 Å². The van der Waals surface area contributed by atoms with Gasteiger partial charge in [0, 0.05) is 0 Å². The summed E-state index contributed by atoms with van der Waals surface area (Å²) in [7, 11) is 0. The molecule has 0 aliphatic rings. The van der Waals surface area contributed by atoms with Crippen LogP contribution < -0.4 is 5.32 Å². The summed E-state index contributed by atoms with van der Waals surface area (Å²) in [5.74, 6) is 0. The van der Waals surface area contributed by atoms with E-state index >= 15 is 0 Å². The molecule has 0 fully saturated rings. The molecule has 1 heterocycles. The molecule has 0 bridgehead atoms. The van der Waals surface area contributed by atoms with E-state index in [1.54, 1.807) is 13.0 Å². The van der Waals surface area contributed by atoms with Crippen molar-refractivity contribution in [2.75, 3.05) is 5.32 Å². The minimum Gasteiger partial charge on any atom is -0.465 e. The van der Waals surface area contributed by atoms with Gasteiger partial charge in [-0.1, -0.05) is 0 Å². The topological polar surface area (TPSA) is 75.1 Å². The molecule has 0 aliphatic heterocycles. The fourth-order valence-corrected chi connectivity index (χ4v) is 0.665. The van der Waals surface area contributed by atoms with Crippen molar-refractivity contribution < 1.29 is 9.90 Å². The van der Waals surface area contributed by atoms with Crippen LogP contribution in [0, 0.1) is 6.92 Å². The van der Waals surface area contributed by atoms with Crippen molar-refractivity contribution in [2.45, 2.75) is 6.92 Å². The molecule has 0 unspecified atom stereocenters. The van der Waals surface area contributed by atoms with Crippen LogP contribution in [0.1, 0.15) is 5.69 Å². The summed E-state index contributed by atoms with van der Waals surface area (Å²) in [6, 6.07) is 1.60. The number of carbonyl (C=O) groups is 1. The third-order valence-corrected chi connectivity index (χ3v) is 1.03. The first kappa shape index (κ1) is 7.46. The van der Waals surface area contributed by atoms with E-state index in [4.69, 9.17) is 5.11 Å². The Bertz CT molecular complexity index is 274. The van der Waals surface area contributed by atoms with Crippen LogP contribution in [-0.2, 0) is 0 Å². The average Bonchev–Trinajstić information content (AvgIpc) is 1.85. The number of rotatable bonds is 1. The number of hydrogen-bond donors (Lipinski definition) is 2. The number of carboxylic acid groups (broad SMARTS) is 1. The van der Waals surface area contributed by atoms with Gasteiger partial charge in [-0.15, -0.1) is 0 Å². The van der Waals surface area contributed by atoms with Crippen molar-refractivity contribution in [3.63, 3.8) is 0 Å². The molecular weight excluding hydrogens is 146 g/mol. The summed E-state index contributed by atoms with van der Waals surface area (Å²) in [6.45, 7) is 1.74. The molecule has 0 atom stereocenters. The van der Waals surface area contributed by atoms with Crippen LogP contribution in [0.15, 0.2) is 12.3 Å². The van der Waals surface area contributed by atoms with E-state index in [0.29, 0.717) is 11.4 Å². The molecule has 5 heteroatoms. The molecule has 0 aliphatic carbocycles. The van der Waals surface area contributed by atoms with Crippen LogP contribution >= 0.6 is 0 Å². The van der Waals surface area contributed by atoms with Crippen LogP contribution in [0.2, 0.25) is 0 Å². The fourth-order valence-electron chi connectivity index (χ4n) is 0.665. The maximum absolute atomic E-state index is 10.1. The first-order valence-electron chi connectivity index (χ1n) is 2.98. The van der Waals surface area contributed by atoms with Gasteiger partial charge in [0.1, 0.15) is 0 Å². The predicted molar refractivity (Wildman–Crippen MR) is 38.4 cm³/mol. The smallest absolute Gasteiger partial charge is 0.409 e. The molecule has 5 nitrogen and oxygen atoms in total. The Balaban J connectivity index is 2.79. The Morgan fingerprint density at radius 1 is 1.73 bits per heavy atom. The molecule has 1 amide bonds. The molecule has 0 spiro atoms. The van der Waals surface area contributed by atoms with Gasteiger partial charge in [-0.2, -0.15) is 10.2 Å². The molecular formula is C6H7N3O2. The Hall–Kier alpha value is -1.65. The standard InChI is InChI=1S/C6H7N3O2/c1-4-2-5(3-7-9-4)8-6(10)11/h2-3H,1H3,(H,8,9)(H,10,11). The summed E-state index contributed by atoms with van der Waals surface area (Å²) >= 11 is 0. The molecule has 0 aromatic carbocycles. The highest BCUT2D eigenvalue weighted by Gasteiger charge is 1.97. The first-order valence-corrected chi connectivity index (χ1v) is 2.98. The molecule has 1 aromatic heterocycles. The van der Waals surface area contributed by atoms with E-state index in [2.05, 4.69) is 15.5 Å². The lowest BCUT2D eigenvalue weighted by Gasteiger charge is -1.98. The number of nitrogens with zero attached hydrogens (tertiary/aromatic N) is 2. The SMILES string of the molecule is Cc1cc(NC(=O)O)cnn1. The Kier molecular flexibility index (Phi) is 2.00. The average molecular weight is 153 g/mol. The van der Waals surface area contributed by atoms with Gasteiger partial charge in [0.25, 0.3) is 0 Å². The molecule has 2 N–H and O–H groups in total. The summed E-state index contributed by atoms with van der Waals surface area (Å²) < 4.78 is 0. The van der Waals surface area contributed by atoms with Crippen LogP contribution in [-0.4, -0.2) is 21.4 Å². The third-order valence-electron chi connectivity index (χ3n) is 1.03. The van der Waals surface area contributed by atoms with E-state index in [1.165, 1.54) is 6.20 Å². The molecule has 1 rings (SSSR count). The van der Waals surface area contributed by atoms with Crippen LogP contribution in [0.3, 0.4) is 0 Å². The third kappa shape index (κ3) is 2.21. The zero-order chi connectivity index (χ0) is 8.27. The van der Waals surface area contributed by atoms with Gasteiger partial charge in [0.2, 0.25) is 0 Å². The summed E-state index contributed by atoms with van der Waals surface area (Å²) in [4.78, 5) is 10.1. The Labute approximate surface area is 63.1 Å². The normalized spacial score (nSPS) is 9.18. The van der Waals surface area contributed by atoms with E-state index < -0.39 is 6.09 Å². The quantitative estimate of drug-likeness (QED) is 0.627. The van der Waals surface area contributed by atoms with Crippen molar-refractivity contribution in [2.24, 2.45) is 0 Å². The van der Waals surface area contributed by atoms with Crippen molar-refractivity contribution in [3.8, 4) is 0 Å². The summed E-state index contributed by atoms with van der Waals surface area (Å²) in [5, 5.41) is 17.7. The minimum atomic E-state index is -1.10. The van der Waals surface area contributed by atoms with Crippen LogP contribution in [0.5, 0.6) is 0 Å². The van der Waals surface area contributed by atoms with Gasteiger partial charge in [-0.3, -0.25) is 5.32 Å². The molecule has 0 saturated carbocycles. The van der Waals surface area contributed by atoms with Crippen molar-refractivity contribution in [1.29, 1.82) is 0 Å². The molecule has 0 saturated heterocycles. The lowest BCUT2D eigenvalue weighted by Crippen LogP contribution is -2.07. The number of amides is 1. The van der Waals surface area contributed by atoms with Gasteiger partial charge < -0.3 is 5.11 Å². The number of aromatic nitrogens is 2. The second kappa shape index (κ2) is 2.96. The van der Waals surface area contributed by atoms with E-state index in [1.807, 2.05) is 0 Å². The Morgan fingerprint density at radius 2 is 2.45 bits per heavy atom. The molecule has 0 radical (unpaired) electrons. The number of nitrogens with one attached hydrogen (secondary N) is 1. The van der Waals surface area contributed by atoms with Gasteiger partial charge >= 0.3 is 6.09 Å². The zero-order valence-corrected chi connectivity index (χ0v) is 5.90. The second-order valence-corrected chi connectivity index (χ2v) is 2.02. The molecule has 58 valence electrons. The first-order chi connectivity index (χ1) is 5.18. The van der Waals surface area contributed by atoms with Gasteiger partial charge in [0.05, 0.1) is 17.6 Å². The van der Waals surface area contributed by atoms with E-state index in [0.717, 1.165) is 0 Å². The highest BCUT2D eigenvalue weighted by Crippen LogP contribution is 2.03. The predicted octanol–water partition coefficient (Wildman–Crippen LogP) is 0.875. The van der Waals surface area contributed by atoms with Crippen LogP contribution in [0.4, 0.5) is 10.5 Å². The highest BCUT2D eigenvalue weighted by atomic mass is 16.4. The maximum atomic E-state index is 10.1. The number of hydrogen-bond acceptors (Lipinski definition) is 3. The molecule has 1 aromatic rings. The second-order valence-electron chi connectivity index (χ2n) is 2.02. The fraction of sp³-hybridized carbons (Fsp3) is 0.167. The van der Waals surface area contributed by atoms with Crippen molar-refractivity contribution in [3.05, 3.63) is 18.0 Å². The summed E-state index contributed by atoms with van der Waals surface area (Å²) in [5.41, 5.74) is 1.11. The highest BCUT2D eigenvalue weighted by molar-refractivity contribution is 5.82. The molecule has 11 heavy (non-hydrogen) atoms. The van der Waals surface area contributed by atoms with E-state index in [9.17, 15) is 4.79 Å². The monoisotopic (exact) mass is 153 g/mol. The van der Waals surface area contributed by atoms with Crippen molar-refractivity contribution >= 4 is 11.8 Å². The van der Waals surface area contributed by atoms with Gasteiger partial charge in [0.15, 0.2) is 0 Å². The Morgan fingerprint density at radius 3 is 3.00 bits per heavy atom. The minimum absolute atomic E-state index is 0.435. The largest absolute Gasteiger partial charge is 0.465 e. The maximum Gasteiger partial charge on any atom is 0.409 e. The number of anilines is 1. The lowest BCUT2D eigenvalue weighted by molar-refractivity contribution is 0.209. The van der Waals surface area contributed by atoms with Gasteiger partial charge in [-0.25, -0.2) is 4.79 Å². The lowest BCUT2D eigenvalue weighted by atomic mass is 10.4. The summed E-state index contributed by atoms with van der Waals surface area (Å²) in [6.07, 6.45) is 0.249. The van der Waals surface area contributed by atoms with Crippen LogP contribution in [0.25, 0.3) is 0 Å². The zero-order valence-electron chi connectivity index (χ0n) is 5.90. The van der Waals surface area contributed by atoms with Crippen molar-refractivity contribution in [1.82, 2.24) is 10.2 Å².